The van der Waals surface area contributed by atoms with Crippen molar-refractivity contribution in [2.24, 2.45) is 0 Å². The minimum atomic E-state index is 0.199. The van der Waals surface area contributed by atoms with Crippen molar-refractivity contribution in [3.8, 4) is 0 Å². The van der Waals surface area contributed by atoms with Crippen LogP contribution in [0, 0.1) is 0 Å². The smallest absolute Gasteiger partial charge is 0.0471 e. The number of hydrogen-bond acceptors (Lipinski definition) is 2. The summed E-state index contributed by atoms with van der Waals surface area (Å²) in [6.07, 6.45) is 0.714. The predicted molar refractivity (Wildman–Crippen MR) is 78.7 cm³/mol. The van der Waals surface area contributed by atoms with Crippen LogP contribution in [0.5, 0.6) is 0 Å². The zero-order valence-electron chi connectivity index (χ0n) is 10.1. The normalized spacial score (nSPS) is 10.3. The molecule has 0 aliphatic carbocycles. The molecule has 18 heavy (non-hydrogen) atoms. The van der Waals surface area contributed by atoms with Crippen LogP contribution in [0.3, 0.4) is 0 Å². The molecule has 0 bridgehead atoms. The quantitative estimate of drug-likeness (QED) is 0.884. The van der Waals surface area contributed by atoms with Gasteiger partial charge < -0.3 is 10.4 Å². The third kappa shape index (κ3) is 3.86. The number of nitrogens with one attached hydrogen (secondary N) is 1. The van der Waals surface area contributed by atoms with Gasteiger partial charge in [-0.25, -0.2) is 0 Å². The lowest BCUT2D eigenvalue weighted by atomic mass is 10.1. The van der Waals surface area contributed by atoms with E-state index >= 15 is 0 Å². The monoisotopic (exact) mass is 305 g/mol. The SMILES string of the molecule is OCCc1ccc(NCc2cccc(Br)c2)cc1. The summed E-state index contributed by atoms with van der Waals surface area (Å²) >= 11 is 3.46. The molecule has 0 saturated carbocycles. The number of hydrogen-bond donors (Lipinski definition) is 2. The summed E-state index contributed by atoms with van der Waals surface area (Å²) in [5.74, 6) is 0. The zero-order valence-corrected chi connectivity index (χ0v) is 11.7. The van der Waals surface area contributed by atoms with Gasteiger partial charge >= 0.3 is 0 Å². The van der Waals surface area contributed by atoms with Gasteiger partial charge in [-0.1, -0.05) is 40.2 Å². The second-order valence-electron chi connectivity index (χ2n) is 4.15. The molecule has 0 radical (unpaired) electrons. The minimum Gasteiger partial charge on any atom is -0.396 e. The molecule has 0 aliphatic rings. The number of aliphatic hydroxyl groups is 1. The first-order valence-corrected chi connectivity index (χ1v) is 6.75. The van der Waals surface area contributed by atoms with E-state index in [0.29, 0.717) is 6.42 Å². The van der Waals surface area contributed by atoms with Crippen LogP contribution in [-0.2, 0) is 13.0 Å². The van der Waals surface area contributed by atoms with E-state index in [4.69, 9.17) is 5.11 Å². The summed E-state index contributed by atoms with van der Waals surface area (Å²) < 4.78 is 1.10. The van der Waals surface area contributed by atoms with E-state index in [1.807, 2.05) is 36.4 Å². The van der Waals surface area contributed by atoms with Gasteiger partial charge in [0.25, 0.3) is 0 Å². The van der Waals surface area contributed by atoms with Crippen molar-refractivity contribution in [1.29, 1.82) is 0 Å². The van der Waals surface area contributed by atoms with E-state index in [1.165, 1.54) is 5.56 Å². The lowest BCUT2D eigenvalue weighted by molar-refractivity contribution is 0.299. The van der Waals surface area contributed by atoms with E-state index in [-0.39, 0.29) is 6.61 Å². The molecular weight excluding hydrogens is 290 g/mol. The van der Waals surface area contributed by atoms with Crippen LogP contribution >= 0.6 is 15.9 Å². The van der Waals surface area contributed by atoms with Gasteiger partial charge in [0.2, 0.25) is 0 Å². The molecule has 94 valence electrons. The Morgan fingerprint density at radius 2 is 1.78 bits per heavy atom. The summed E-state index contributed by atoms with van der Waals surface area (Å²) in [5, 5.41) is 12.2. The van der Waals surface area contributed by atoms with Crippen LogP contribution in [0.2, 0.25) is 0 Å². The summed E-state index contributed by atoms with van der Waals surface area (Å²) in [6, 6.07) is 16.4. The van der Waals surface area contributed by atoms with E-state index in [0.717, 1.165) is 22.3 Å². The van der Waals surface area contributed by atoms with Crippen LogP contribution in [0.1, 0.15) is 11.1 Å². The molecular formula is C15H16BrNO. The number of halogens is 1. The Balaban J connectivity index is 1.93. The maximum Gasteiger partial charge on any atom is 0.0471 e. The van der Waals surface area contributed by atoms with Crippen molar-refractivity contribution in [3.05, 3.63) is 64.1 Å². The zero-order chi connectivity index (χ0) is 12.8. The maximum atomic E-state index is 8.85. The summed E-state index contributed by atoms with van der Waals surface area (Å²) in [7, 11) is 0. The topological polar surface area (TPSA) is 32.3 Å². The highest BCUT2D eigenvalue weighted by Crippen LogP contribution is 2.14. The van der Waals surface area contributed by atoms with Crippen molar-refractivity contribution < 1.29 is 5.11 Å². The Labute approximate surface area is 116 Å². The Bertz CT molecular complexity index is 496. The average Bonchev–Trinajstić information content (AvgIpc) is 2.38. The van der Waals surface area contributed by atoms with Gasteiger partial charge in [0.15, 0.2) is 0 Å². The van der Waals surface area contributed by atoms with Crippen molar-refractivity contribution in [3.63, 3.8) is 0 Å². The lowest BCUT2D eigenvalue weighted by Gasteiger charge is -2.07. The summed E-state index contributed by atoms with van der Waals surface area (Å²) in [6.45, 7) is 1.00. The molecule has 0 saturated heterocycles. The summed E-state index contributed by atoms with van der Waals surface area (Å²) in [4.78, 5) is 0. The van der Waals surface area contributed by atoms with Gasteiger partial charge in [0, 0.05) is 23.3 Å². The first kappa shape index (κ1) is 13.1. The van der Waals surface area contributed by atoms with Gasteiger partial charge in [-0.15, -0.1) is 0 Å². The van der Waals surface area contributed by atoms with Gasteiger partial charge in [0.1, 0.15) is 0 Å². The van der Waals surface area contributed by atoms with Crippen LogP contribution in [0.4, 0.5) is 5.69 Å². The Morgan fingerprint density at radius 1 is 1.00 bits per heavy atom. The number of benzene rings is 2. The highest BCUT2D eigenvalue weighted by molar-refractivity contribution is 9.10. The molecule has 2 N–H and O–H groups in total. The Kier molecular flexibility index (Phi) is 4.79. The van der Waals surface area contributed by atoms with Crippen molar-refractivity contribution in [1.82, 2.24) is 0 Å². The van der Waals surface area contributed by atoms with Gasteiger partial charge in [-0.05, 0) is 41.8 Å². The maximum absolute atomic E-state index is 8.85. The van der Waals surface area contributed by atoms with E-state index in [2.05, 4.69) is 33.4 Å². The molecule has 0 unspecified atom stereocenters. The van der Waals surface area contributed by atoms with E-state index in [9.17, 15) is 0 Å². The predicted octanol–water partition coefficient (Wildman–Crippen LogP) is 3.60. The van der Waals surface area contributed by atoms with E-state index in [1.54, 1.807) is 0 Å². The van der Waals surface area contributed by atoms with Gasteiger partial charge in [0.05, 0.1) is 0 Å². The number of aliphatic hydroxyl groups excluding tert-OH is 1. The standard InChI is InChI=1S/C15H16BrNO/c16-14-3-1-2-13(10-14)11-17-15-6-4-12(5-7-15)8-9-18/h1-7,10,17-18H,8-9,11H2. The van der Waals surface area contributed by atoms with Crippen LogP contribution in [0.15, 0.2) is 53.0 Å². The van der Waals surface area contributed by atoms with Crippen molar-refractivity contribution >= 4 is 21.6 Å². The molecule has 2 aromatic rings. The molecule has 2 nitrogen and oxygen atoms in total. The van der Waals surface area contributed by atoms with E-state index < -0.39 is 0 Å². The lowest BCUT2D eigenvalue weighted by Crippen LogP contribution is -1.99. The molecule has 0 aliphatic heterocycles. The second-order valence-corrected chi connectivity index (χ2v) is 5.07. The fourth-order valence-electron chi connectivity index (χ4n) is 1.77. The molecule has 3 heteroatoms. The highest BCUT2D eigenvalue weighted by atomic mass is 79.9. The van der Waals surface area contributed by atoms with Crippen LogP contribution < -0.4 is 5.32 Å². The van der Waals surface area contributed by atoms with Crippen LogP contribution in [-0.4, -0.2) is 11.7 Å². The van der Waals surface area contributed by atoms with Crippen molar-refractivity contribution in [2.45, 2.75) is 13.0 Å². The molecule has 2 rings (SSSR count). The molecule has 0 heterocycles. The second kappa shape index (κ2) is 6.57. The Morgan fingerprint density at radius 3 is 2.44 bits per heavy atom. The number of rotatable bonds is 5. The molecule has 0 fully saturated rings. The van der Waals surface area contributed by atoms with Gasteiger partial charge in [-0.3, -0.25) is 0 Å². The third-order valence-electron chi connectivity index (χ3n) is 2.74. The molecule has 2 aromatic carbocycles. The fourth-order valence-corrected chi connectivity index (χ4v) is 2.22. The molecule has 0 atom stereocenters. The van der Waals surface area contributed by atoms with Crippen LogP contribution in [0.25, 0.3) is 0 Å². The summed E-state index contributed by atoms with van der Waals surface area (Å²) in [5.41, 5.74) is 3.49. The first-order valence-electron chi connectivity index (χ1n) is 5.96. The minimum absolute atomic E-state index is 0.199. The molecule has 0 spiro atoms. The van der Waals surface area contributed by atoms with Gasteiger partial charge in [-0.2, -0.15) is 0 Å². The first-order chi connectivity index (χ1) is 8.78. The average molecular weight is 306 g/mol. The molecule has 0 aromatic heterocycles. The third-order valence-corrected chi connectivity index (χ3v) is 3.23. The largest absolute Gasteiger partial charge is 0.396 e. The molecule has 0 amide bonds. The van der Waals surface area contributed by atoms with Crippen molar-refractivity contribution in [2.75, 3.05) is 11.9 Å². The Hall–Kier alpha value is -1.32. The number of anilines is 1. The highest BCUT2D eigenvalue weighted by Gasteiger charge is 1.96. The fraction of sp³-hybridized carbons (Fsp3) is 0.200.